The van der Waals surface area contributed by atoms with Gasteiger partial charge in [-0.2, -0.15) is 5.26 Å². The Kier molecular flexibility index (Phi) is 6.23. The molecule has 2 aromatic rings. The lowest BCUT2D eigenvalue weighted by molar-refractivity contribution is -0.128. The van der Waals surface area contributed by atoms with Crippen LogP contribution in [0.25, 0.3) is 6.08 Å². The smallest absolute Gasteiger partial charge is 0.336 e. The lowest BCUT2D eigenvalue weighted by atomic mass is 10.2. The molecule has 6 heteroatoms. The fraction of sp³-hybridized carbons (Fsp3) is 0.111. The van der Waals surface area contributed by atoms with Crippen LogP contribution in [0, 0.1) is 11.3 Å². The Bertz CT molecular complexity index is 796. The molecule has 0 fully saturated rings. The lowest BCUT2D eigenvalue weighted by Gasteiger charge is -2.08. The molecule has 0 heterocycles. The van der Waals surface area contributed by atoms with Gasteiger partial charge in [-0.05, 0) is 35.9 Å². The SMILES string of the molecule is COc1cc(/C=C/C(=O)Oc2ccccc2Cl)ccc1OCC#N. The average molecular weight is 344 g/mol. The molecule has 2 aromatic carbocycles. The second-order valence-corrected chi connectivity index (χ2v) is 4.95. The number of esters is 1. The zero-order valence-corrected chi connectivity index (χ0v) is 13.6. The summed E-state index contributed by atoms with van der Waals surface area (Å²) in [5, 5.41) is 8.90. The van der Waals surface area contributed by atoms with Crippen LogP contribution < -0.4 is 14.2 Å². The first-order chi connectivity index (χ1) is 11.6. The van der Waals surface area contributed by atoms with Gasteiger partial charge in [0.05, 0.1) is 12.1 Å². The zero-order chi connectivity index (χ0) is 17.4. The molecule has 0 amide bonds. The van der Waals surface area contributed by atoms with Crippen LogP contribution in [-0.2, 0) is 4.79 Å². The van der Waals surface area contributed by atoms with Crippen LogP contribution in [0.2, 0.25) is 5.02 Å². The molecule has 24 heavy (non-hydrogen) atoms. The molecule has 0 N–H and O–H groups in total. The Balaban J connectivity index is 2.07. The number of para-hydroxylation sites is 1. The van der Waals surface area contributed by atoms with E-state index in [4.69, 9.17) is 31.1 Å². The van der Waals surface area contributed by atoms with Gasteiger partial charge in [-0.3, -0.25) is 0 Å². The number of carbonyl (C=O) groups excluding carboxylic acids is 1. The highest BCUT2D eigenvalue weighted by molar-refractivity contribution is 6.32. The first-order valence-electron chi connectivity index (χ1n) is 6.96. The predicted molar refractivity (Wildman–Crippen MR) is 90.2 cm³/mol. The summed E-state index contributed by atoms with van der Waals surface area (Å²) in [5.41, 5.74) is 0.715. The maximum atomic E-state index is 11.8. The quantitative estimate of drug-likeness (QED) is 0.452. The Morgan fingerprint density at radius 3 is 2.71 bits per heavy atom. The number of hydrogen-bond donors (Lipinski definition) is 0. The third-order valence-electron chi connectivity index (χ3n) is 2.94. The first kappa shape index (κ1) is 17.4. The largest absolute Gasteiger partial charge is 0.493 e. The van der Waals surface area contributed by atoms with Crippen molar-refractivity contribution in [2.75, 3.05) is 13.7 Å². The summed E-state index contributed by atoms with van der Waals surface area (Å²) in [6, 6.07) is 13.7. The molecule has 0 spiro atoms. The van der Waals surface area contributed by atoms with Crippen molar-refractivity contribution < 1.29 is 19.0 Å². The number of halogens is 1. The molecule has 5 nitrogen and oxygen atoms in total. The van der Waals surface area contributed by atoms with Crippen LogP contribution in [0.1, 0.15) is 5.56 Å². The van der Waals surface area contributed by atoms with E-state index < -0.39 is 5.97 Å². The van der Waals surface area contributed by atoms with Crippen LogP contribution in [0.15, 0.2) is 48.5 Å². The molecule has 122 valence electrons. The van der Waals surface area contributed by atoms with Crippen molar-refractivity contribution in [1.29, 1.82) is 5.26 Å². The second-order valence-electron chi connectivity index (χ2n) is 4.54. The topological polar surface area (TPSA) is 68.6 Å². The number of carbonyl (C=O) groups is 1. The van der Waals surface area contributed by atoms with Crippen LogP contribution in [0.5, 0.6) is 17.2 Å². The van der Waals surface area contributed by atoms with E-state index in [1.807, 2.05) is 6.07 Å². The highest BCUT2D eigenvalue weighted by atomic mass is 35.5. The van der Waals surface area contributed by atoms with E-state index in [2.05, 4.69) is 0 Å². The van der Waals surface area contributed by atoms with E-state index in [0.29, 0.717) is 27.8 Å². The number of ether oxygens (including phenoxy) is 3. The summed E-state index contributed by atoms with van der Waals surface area (Å²) in [4.78, 5) is 11.8. The Morgan fingerprint density at radius 2 is 2.00 bits per heavy atom. The molecule has 0 radical (unpaired) electrons. The van der Waals surface area contributed by atoms with Gasteiger partial charge in [-0.15, -0.1) is 0 Å². The minimum Gasteiger partial charge on any atom is -0.493 e. The maximum absolute atomic E-state index is 11.8. The average Bonchev–Trinajstić information content (AvgIpc) is 2.60. The van der Waals surface area contributed by atoms with E-state index >= 15 is 0 Å². The summed E-state index contributed by atoms with van der Waals surface area (Å²) in [5.74, 6) is 0.667. The Morgan fingerprint density at radius 1 is 1.21 bits per heavy atom. The van der Waals surface area contributed by atoms with Gasteiger partial charge < -0.3 is 14.2 Å². The van der Waals surface area contributed by atoms with Crippen molar-refractivity contribution in [1.82, 2.24) is 0 Å². The van der Waals surface area contributed by atoms with Crippen molar-refractivity contribution in [3.63, 3.8) is 0 Å². The van der Waals surface area contributed by atoms with Gasteiger partial charge in [0.1, 0.15) is 11.8 Å². The van der Waals surface area contributed by atoms with Crippen molar-refractivity contribution in [2.45, 2.75) is 0 Å². The normalized spacial score (nSPS) is 10.2. The second kappa shape index (κ2) is 8.61. The van der Waals surface area contributed by atoms with E-state index in [1.165, 1.54) is 13.2 Å². The number of methoxy groups -OCH3 is 1. The lowest BCUT2D eigenvalue weighted by Crippen LogP contribution is -2.03. The van der Waals surface area contributed by atoms with Crippen molar-refractivity contribution >= 4 is 23.6 Å². The number of nitrogens with zero attached hydrogens (tertiary/aromatic N) is 1. The Labute approximate surface area is 144 Å². The Hall–Kier alpha value is -2.97. The molecule has 2 rings (SSSR count). The molecule has 0 saturated carbocycles. The van der Waals surface area contributed by atoms with Crippen LogP contribution in [0.4, 0.5) is 0 Å². The van der Waals surface area contributed by atoms with Gasteiger partial charge in [0.15, 0.2) is 18.1 Å². The molecule has 0 aliphatic heterocycles. The van der Waals surface area contributed by atoms with Gasteiger partial charge in [-0.1, -0.05) is 29.8 Å². The van der Waals surface area contributed by atoms with Gasteiger partial charge in [0.2, 0.25) is 0 Å². The van der Waals surface area contributed by atoms with Crippen LogP contribution in [-0.4, -0.2) is 19.7 Å². The third-order valence-corrected chi connectivity index (χ3v) is 3.25. The number of rotatable bonds is 6. The molecule has 0 aliphatic rings. The van der Waals surface area contributed by atoms with E-state index in [0.717, 1.165) is 0 Å². The molecule has 0 atom stereocenters. The molecule has 0 bridgehead atoms. The minimum atomic E-state index is -0.549. The van der Waals surface area contributed by atoms with Gasteiger partial charge in [0, 0.05) is 6.08 Å². The molecule has 0 aromatic heterocycles. The highest BCUT2D eigenvalue weighted by Crippen LogP contribution is 2.28. The van der Waals surface area contributed by atoms with Crippen LogP contribution in [0.3, 0.4) is 0 Å². The van der Waals surface area contributed by atoms with Gasteiger partial charge in [-0.25, -0.2) is 4.79 Å². The molecular formula is C18H14ClNO4. The molecule has 0 aliphatic carbocycles. The predicted octanol–water partition coefficient (Wildman–Crippen LogP) is 3.87. The summed E-state index contributed by atoms with van der Waals surface area (Å²) < 4.78 is 15.6. The fourth-order valence-electron chi connectivity index (χ4n) is 1.85. The number of hydrogen-bond acceptors (Lipinski definition) is 5. The molecule has 0 saturated heterocycles. The first-order valence-corrected chi connectivity index (χ1v) is 7.34. The fourth-order valence-corrected chi connectivity index (χ4v) is 2.03. The van der Waals surface area contributed by atoms with Crippen LogP contribution >= 0.6 is 11.6 Å². The molecular weight excluding hydrogens is 330 g/mol. The summed E-state index contributed by atoms with van der Waals surface area (Å²) in [6.45, 7) is -0.0737. The number of nitriles is 1. The monoisotopic (exact) mass is 343 g/mol. The summed E-state index contributed by atoms with van der Waals surface area (Å²) in [6.07, 6.45) is 2.86. The molecule has 0 unspecified atom stereocenters. The third kappa shape index (κ3) is 4.77. The van der Waals surface area contributed by atoms with Gasteiger partial charge in [0.25, 0.3) is 0 Å². The van der Waals surface area contributed by atoms with Crippen molar-refractivity contribution in [3.8, 4) is 23.3 Å². The van der Waals surface area contributed by atoms with E-state index in [1.54, 1.807) is 48.5 Å². The van der Waals surface area contributed by atoms with Crippen molar-refractivity contribution in [3.05, 3.63) is 59.1 Å². The number of benzene rings is 2. The summed E-state index contributed by atoms with van der Waals surface area (Å²) in [7, 11) is 1.49. The highest BCUT2D eigenvalue weighted by Gasteiger charge is 2.06. The summed E-state index contributed by atoms with van der Waals surface area (Å²) >= 11 is 5.93. The minimum absolute atomic E-state index is 0.0737. The maximum Gasteiger partial charge on any atom is 0.336 e. The van der Waals surface area contributed by atoms with E-state index in [9.17, 15) is 4.79 Å². The zero-order valence-electron chi connectivity index (χ0n) is 12.9. The van der Waals surface area contributed by atoms with E-state index in [-0.39, 0.29) is 6.61 Å². The van der Waals surface area contributed by atoms with Gasteiger partial charge >= 0.3 is 5.97 Å². The van der Waals surface area contributed by atoms with Crippen molar-refractivity contribution in [2.24, 2.45) is 0 Å². The standard InChI is InChI=1S/C18H14ClNO4/c1-22-17-12-13(6-8-16(17)23-11-10-20)7-9-18(21)24-15-5-3-2-4-14(15)19/h2-9,12H,11H2,1H3/b9-7+.